The highest BCUT2D eigenvalue weighted by molar-refractivity contribution is 7.89. The molecule has 34 heavy (non-hydrogen) atoms. The number of hydrogen-bond donors (Lipinski definition) is 1. The average molecular weight is 485 g/mol. The van der Waals surface area contributed by atoms with Crippen LogP contribution in [0.3, 0.4) is 0 Å². The Morgan fingerprint density at radius 1 is 0.971 bits per heavy atom. The molecule has 0 bridgehead atoms. The van der Waals surface area contributed by atoms with Gasteiger partial charge in [0.05, 0.1) is 25.5 Å². The average Bonchev–Trinajstić information content (AvgIpc) is 2.83. The summed E-state index contributed by atoms with van der Waals surface area (Å²) >= 11 is 0. The van der Waals surface area contributed by atoms with Crippen LogP contribution in [0.25, 0.3) is 0 Å². The highest BCUT2D eigenvalue weighted by Crippen LogP contribution is 2.29. The zero-order valence-electron chi connectivity index (χ0n) is 18.9. The molecule has 0 aromatic heterocycles. The van der Waals surface area contributed by atoms with E-state index in [0.717, 1.165) is 28.8 Å². The van der Waals surface area contributed by atoms with E-state index in [-0.39, 0.29) is 23.8 Å². The summed E-state index contributed by atoms with van der Waals surface area (Å²) in [4.78, 5) is 12.7. The molecule has 1 heterocycles. The van der Waals surface area contributed by atoms with E-state index in [0.29, 0.717) is 30.2 Å². The summed E-state index contributed by atoms with van der Waals surface area (Å²) < 4.78 is 51.1. The molecule has 0 spiro atoms. The van der Waals surface area contributed by atoms with Gasteiger partial charge in [-0.15, -0.1) is 0 Å². The molecule has 4 rings (SSSR count). The number of ether oxygens (including phenoxy) is 2. The van der Waals surface area contributed by atoms with Crippen molar-refractivity contribution in [2.75, 3.05) is 26.1 Å². The molecule has 0 saturated carbocycles. The molecule has 9 heteroatoms. The van der Waals surface area contributed by atoms with Gasteiger partial charge in [-0.25, -0.2) is 12.8 Å². The fourth-order valence-corrected chi connectivity index (χ4v) is 5.37. The first-order valence-electron chi connectivity index (χ1n) is 10.7. The summed E-state index contributed by atoms with van der Waals surface area (Å²) in [6.07, 6.45) is 0.693. The van der Waals surface area contributed by atoms with Crippen molar-refractivity contribution in [2.24, 2.45) is 0 Å². The van der Waals surface area contributed by atoms with Crippen molar-refractivity contribution in [3.05, 3.63) is 83.2 Å². The van der Waals surface area contributed by atoms with Crippen LogP contribution in [0, 0.1) is 5.82 Å². The van der Waals surface area contributed by atoms with E-state index in [4.69, 9.17) is 9.47 Å². The molecule has 3 aromatic rings. The monoisotopic (exact) mass is 484 g/mol. The Balaban J connectivity index is 1.47. The minimum absolute atomic E-state index is 0.0525. The number of benzene rings is 3. The van der Waals surface area contributed by atoms with Crippen molar-refractivity contribution in [1.82, 2.24) is 4.31 Å². The summed E-state index contributed by atoms with van der Waals surface area (Å²) in [6.45, 7) is 0.506. The minimum Gasteiger partial charge on any atom is -0.493 e. The largest absolute Gasteiger partial charge is 0.493 e. The molecule has 1 aliphatic heterocycles. The van der Waals surface area contributed by atoms with Crippen molar-refractivity contribution in [3.8, 4) is 11.5 Å². The van der Waals surface area contributed by atoms with E-state index in [2.05, 4.69) is 5.32 Å². The van der Waals surface area contributed by atoms with Gasteiger partial charge in [-0.2, -0.15) is 4.31 Å². The predicted octanol–water partition coefficient (Wildman–Crippen LogP) is 3.77. The molecular weight excluding hydrogens is 459 g/mol. The number of carbonyl (C=O) groups excluding carboxylic acids is 1. The van der Waals surface area contributed by atoms with Gasteiger partial charge < -0.3 is 14.8 Å². The fraction of sp³-hybridized carbons (Fsp3) is 0.240. The lowest BCUT2D eigenvalue weighted by atomic mass is 10.0. The Kier molecular flexibility index (Phi) is 6.85. The molecule has 0 atom stereocenters. The molecule has 0 unspecified atom stereocenters. The number of nitrogens with zero attached hydrogens (tertiary/aromatic N) is 1. The molecule has 0 fully saturated rings. The maximum atomic E-state index is 13.2. The van der Waals surface area contributed by atoms with E-state index in [1.165, 1.54) is 23.5 Å². The van der Waals surface area contributed by atoms with Crippen LogP contribution in [0.1, 0.15) is 16.7 Å². The van der Waals surface area contributed by atoms with Gasteiger partial charge in [0.25, 0.3) is 0 Å². The van der Waals surface area contributed by atoms with Crippen molar-refractivity contribution in [2.45, 2.75) is 24.3 Å². The highest BCUT2D eigenvalue weighted by Gasteiger charge is 2.28. The number of nitrogens with one attached hydrogen (secondary N) is 1. The Morgan fingerprint density at radius 2 is 1.71 bits per heavy atom. The molecule has 7 nitrogen and oxygen atoms in total. The Labute approximate surface area is 198 Å². The standard InChI is InChI=1S/C25H25FN2O5S/c1-32-23-10-3-17(13-24(23)33-2)14-25(29)27-21-7-4-18-11-12-28(16-19(18)15-21)34(30,31)22-8-5-20(26)6-9-22/h3-10,13,15H,11-12,14,16H2,1-2H3,(H,27,29). The van der Waals surface area contributed by atoms with Crippen LogP contribution in [0.5, 0.6) is 11.5 Å². The highest BCUT2D eigenvalue weighted by atomic mass is 32.2. The summed E-state index contributed by atoms with van der Waals surface area (Å²) in [5.41, 5.74) is 3.21. The lowest BCUT2D eigenvalue weighted by molar-refractivity contribution is -0.115. The van der Waals surface area contributed by atoms with Crippen LogP contribution in [-0.2, 0) is 34.2 Å². The Morgan fingerprint density at radius 3 is 2.41 bits per heavy atom. The van der Waals surface area contributed by atoms with Crippen molar-refractivity contribution < 1.29 is 27.1 Å². The summed E-state index contributed by atoms with van der Waals surface area (Å²) in [5, 5.41) is 2.88. The molecule has 1 amide bonds. The van der Waals surface area contributed by atoms with Crippen molar-refractivity contribution in [3.63, 3.8) is 0 Å². The fourth-order valence-electron chi connectivity index (χ4n) is 3.95. The first-order valence-corrected chi connectivity index (χ1v) is 12.1. The number of hydrogen-bond acceptors (Lipinski definition) is 5. The lowest BCUT2D eigenvalue weighted by Gasteiger charge is -2.28. The van der Waals surface area contributed by atoms with E-state index in [1.807, 2.05) is 12.1 Å². The van der Waals surface area contributed by atoms with Gasteiger partial charge in [0.15, 0.2) is 11.5 Å². The predicted molar refractivity (Wildman–Crippen MR) is 126 cm³/mol. The first kappa shape index (κ1) is 23.7. The first-order chi connectivity index (χ1) is 16.3. The number of halogens is 1. The normalized spacial score (nSPS) is 13.7. The van der Waals surface area contributed by atoms with E-state index >= 15 is 0 Å². The third-order valence-electron chi connectivity index (χ3n) is 5.73. The number of carbonyl (C=O) groups is 1. The second-order valence-electron chi connectivity index (χ2n) is 7.94. The Bertz CT molecular complexity index is 1310. The van der Waals surface area contributed by atoms with Gasteiger partial charge in [0, 0.05) is 18.8 Å². The van der Waals surface area contributed by atoms with Crippen LogP contribution in [0.15, 0.2) is 65.6 Å². The van der Waals surface area contributed by atoms with Gasteiger partial charge >= 0.3 is 0 Å². The van der Waals surface area contributed by atoms with Gasteiger partial charge in [-0.1, -0.05) is 12.1 Å². The third-order valence-corrected chi connectivity index (χ3v) is 7.59. The molecule has 3 aromatic carbocycles. The molecule has 1 N–H and O–H groups in total. The lowest BCUT2D eigenvalue weighted by Crippen LogP contribution is -2.36. The van der Waals surface area contributed by atoms with Gasteiger partial charge in [0.1, 0.15) is 5.82 Å². The number of sulfonamides is 1. The SMILES string of the molecule is COc1ccc(CC(=O)Nc2ccc3c(c2)CN(S(=O)(=O)c2ccc(F)cc2)CC3)cc1OC. The molecule has 0 radical (unpaired) electrons. The maximum Gasteiger partial charge on any atom is 0.243 e. The molecule has 0 aliphatic carbocycles. The molecule has 178 valence electrons. The molecule has 0 saturated heterocycles. The third kappa shape index (κ3) is 5.05. The number of anilines is 1. The van der Waals surface area contributed by atoms with Crippen molar-refractivity contribution in [1.29, 1.82) is 0 Å². The summed E-state index contributed by atoms with van der Waals surface area (Å²) in [5.74, 6) is 0.431. The van der Waals surface area contributed by atoms with Crippen LogP contribution in [-0.4, -0.2) is 39.4 Å². The summed E-state index contributed by atoms with van der Waals surface area (Å²) in [6, 6.07) is 15.6. The number of fused-ring (bicyclic) bond motifs is 1. The smallest absolute Gasteiger partial charge is 0.243 e. The number of rotatable bonds is 7. The van der Waals surface area contributed by atoms with E-state index in [9.17, 15) is 17.6 Å². The maximum absolute atomic E-state index is 13.2. The quantitative estimate of drug-likeness (QED) is 0.552. The second-order valence-corrected chi connectivity index (χ2v) is 9.88. The van der Waals surface area contributed by atoms with Crippen molar-refractivity contribution >= 4 is 21.6 Å². The molecular formula is C25H25FN2O5S. The Hall–Kier alpha value is -3.43. The van der Waals surface area contributed by atoms with Crippen LogP contribution in [0.4, 0.5) is 10.1 Å². The van der Waals surface area contributed by atoms with E-state index in [1.54, 1.807) is 31.4 Å². The number of methoxy groups -OCH3 is 2. The topological polar surface area (TPSA) is 84.9 Å². The minimum atomic E-state index is -3.75. The van der Waals surface area contributed by atoms with E-state index < -0.39 is 15.8 Å². The number of amides is 1. The van der Waals surface area contributed by atoms with Crippen LogP contribution in [0.2, 0.25) is 0 Å². The zero-order valence-corrected chi connectivity index (χ0v) is 19.7. The van der Waals surface area contributed by atoms with Crippen LogP contribution < -0.4 is 14.8 Å². The van der Waals surface area contributed by atoms with Gasteiger partial charge in [-0.3, -0.25) is 4.79 Å². The van der Waals surface area contributed by atoms with Gasteiger partial charge in [-0.05, 0) is 71.6 Å². The summed E-state index contributed by atoms with van der Waals surface area (Å²) in [7, 11) is -0.669. The zero-order chi connectivity index (χ0) is 24.3. The van der Waals surface area contributed by atoms with Crippen LogP contribution >= 0.6 is 0 Å². The molecule has 1 aliphatic rings. The van der Waals surface area contributed by atoms with Gasteiger partial charge in [0.2, 0.25) is 15.9 Å². The second kappa shape index (κ2) is 9.82.